The van der Waals surface area contributed by atoms with E-state index < -0.39 is 5.97 Å². The second-order valence-electron chi connectivity index (χ2n) is 3.78. The highest BCUT2D eigenvalue weighted by molar-refractivity contribution is 5.69. The number of carboxylic acid groups (broad SMARTS) is 1. The first kappa shape index (κ1) is 10.1. The van der Waals surface area contributed by atoms with Gasteiger partial charge in [-0.25, -0.2) is 0 Å². The maximum atomic E-state index is 10.7. The summed E-state index contributed by atoms with van der Waals surface area (Å²) >= 11 is 0. The molecule has 0 amide bonds. The Hall–Kier alpha value is -1.42. The summed E-state index contributed by atoms with van der Waals surface area (Å²) in [5, 5.41) is 8.78. The van der Waals surface area contributed by atoms with Crippen molar-refractivity contribution in [3.8, 4) is 0 Å². The lowest BCUT2D eigenvalue weighted by Crippen LogP contribution is -2.29. The molecule has 1 unspecified atom stereocenters. The lowest BCUT2D eigenvalue weighted by molar-refractivity contribution is -0.138. The van der Waals surface area contributed by atoms with E-state index in [1.165, 1.54) is 0 Å². The fraction of sp³-hybridized carbons (Fsp3) is 0.455. The summed E-state index contributed by atoms with van der Waals surface area (Å²) in [6, 6.07) is 5.96. The minimum atomic E-state index is -0.766. The topological polar surface area (TPSA) is 53.4 Å². The van der Waals surface area contributed by atoms with Crippen LogP contribution in [0.2, 0.25) is 0 Å². The average Bonchev–Trinajstić information content (AvgIpc) is 2.66. The Morgan fingerprint density at radius 3 is 3.13 bits per heavy atom. The van der Waals surface area contributed by atoms with Crippen LogP contribution >= 0.6 is 0 Å². The number of hydrogen-bond donors (Lipinski definition) is 1. The van der Waals surface area contributed by atoms with E-state index in [1.54, 1.807) is 6.20 Å². The van der Waals surface area contributed by atoms with Crippen molar-refractivity contribution in [1.82, 2.24) is 9.88 Å². The van der Waals surface area contributed by atoms with Crippen molar-refractivity contribution < 1.29 is 9.90 Å². The van der Waals surface area contributed by atoms with E-state index in [0.29, 0.717) is 0 Å². The lowest BCUT2D eigenvalue weighted by Gasteiger charge is -2.21. The molecule has 1 aromatic rings. The fourth-order valence-corrected chi connectivity index (χ4v) is 2.10. The molecule has 0 aromatic carbocycles. The highest BCUT2D eigenvalue weighted by Gasteiger charge is 2.27. The maximum absolute atomic E-state index is 10.7. The third-order valence-corrected chi connectivity index (χ3v) is 2.73. The molecule has 1 saturated heterocycles. The first-order valence-electron chi connectivity index (χ1n) is 5.14. The molecule has 0 bridgehead atoms. The molecule has 1 aliphatic heterocycles. The molecule has 0 radical (unpaired) electrons. The molecule has 1 N–H and O–H groups in total. The highest BCUT2D eigenvalue weighted by atomic mass is 16.4. The summed E-state index contributed by atoms with van der Waals surface area (Å²) in [5.74, 6) is -0.766. The van der Waals surface area contributed by atoms with Crippen molar-refractivity contribution in [2.45, 2.75) is 18.9 Å². The van der Waals surface area contributed by atoms with E-state index in [9.17, 15) is 4.79 Å². The van der Waals surface area contributed by atoms with E-state index in [2.05, 4.69) is 4.98 Å². The zero-order valence-corrected chi connectivity index (χ0v) is 8.47. The van der Waals surface area contributed by atoms with Gasteiger partial charge in [0.05, 0.1) is 18.3 Å². The second-order valence-corrected chi connectivity index (χ2v) is 3.78. The van der Waals surface area contributed by atoms with Gasteiger partial charge in [-0.1, -0.05) is 6.07 Å². The predicted molar refractivity (Wildman–Crippen MR) is 55.4 cm³/mol. The van der Waals surface area contributed by atoms with Gasteiger partial charge in [0.25, 0.3) is 0 Å². The lowest BCUT2D eigenvalue weighted by atomic mass is 10.1. The first-order valence-corrected chi connectivity index (χ1v) is 5.14. The van der Waals surface area contributed by atoms with E-state index in [1.807, 2.05) is 23.1 Å². The standard InChI is InChI=1S/C11H14N2O2/c14-11(15)8-13-7-3-5-10(13)9-4-1-2-6-12-9/h1-2,4,6,10H,3,5,7-8H2,(H,14,15). The van der Waals surface area contributed by atoms with Crippen LogP contribution in [-0.2, 0) is 4.79 Å². The van der Waals surface area contributed by atoms with Crippen molar-refractivity contribution >= 4 is 5.97 Å². The third kappa shape index (κ3) is 2.33. The van der Waals surface area contributed by atoms with Gasteiger partial charge in [-0.05, 0) is 31.5 Å². The zero-order chi connectivity index (χ0) is 10.7. The van der Waals surface area contributed by atoms with E-state index in [4.69, 9.17) is 5.11 Å². The normalized spacial score (nSPS) is 21.7. The Morgan fingerprint density at radius 1 is 1.60 bits per heavy atom. The molecule has 0 saturated carbocycles. The third-order valence-electron chi connectivity index (χ3n) is 2.73. The average molecular weight is 206 g/mol. The van der Waals surface area contributed by atoms with E-state index in [-0.39, 0.29) is 12.6 Å². The van der Waals surface area contributed by atoms with Gasteiger partial charge in [0.15, 0.2) is 0 Å². The predicted octanol–water partition coefficient (Wildman–Crippen LogP) is 1.30. The minimum absolute atomic E-state index is 0.112. The van der Waals surface area contributed by atoms with Gasteiger partial charge in [-0.2, -0.15) is 0 Å². The van der Waals surface area contributed by atoms with Gasteiger partial charge in [-0.3, -0.25) is 14.7 Å². The molecule has 1 fully saturated rings. The van der Waals surface area contributed by atoms with Crippen LogP contribution in [0.5, 0.6) is 0 Å². The maximum Gasteiger partial charge on any atom is 0.317 e. The largest absolute Gasteiger partial charge is 0.480 e. The molecular weight excluding hydrogens is 192 g/mol. The van der Waals surface area contributed by atoms with Gasteiger partial charge >= 0.3 is 5.97 Å². The number of hydrogen-bond acceptors (Lipinski definition) is 3. The Balaban J connectivity index is 2.11. The highest BCUT2D eigenvalue weighted by Crippen LogP contribution is 2.29. The van der Waals surface area contributed by atoms with Crippen LogP contribution in [-0.4, -0.2) is 34.0 Å². The summed E-state index contributed by atoms with van der Waals surface area (Å²) in [6.45, 7) is 0.967. The van der Waals surface area contributed by atoms with Crippen LogP contribution in [0, 0.1) is 0 Å². The number of carboxylic acids is 1. The van der Waals surface area contributed by atoms with Gasteiger partial charge in [0.2, 0.25) is 0 Å². The van der Waals surface area contributed by atoms with Crippen LogP contribution < -0.4 is 0 Å². The van der Waals surface area contributed by atoms with Crippen molar-refractivity contribution in [3.05, 3.63) is 30.1 Å². The second kappa shape index (κ2) is 4.40. The van der Waals surface area contributed by atoms with Crippen molar-refractivity contribution in [2.24, 2.45) is 0 Å². The van der Waals surface area contributed by atoms with Crippen LogP contribution in [0.3, 0.4) is 0 Å². The fourth-order valence-electron chi connectivity index (χ4n) is 2.10. The van der Waals surface area contributed by atoms with E-state index >= 15 is 0 Å². The molecule has 0 aliphatic carbocycles. The molecule has 1 atom stereocenters. The molecular formula is C11H14N2O2. The van der Waals surface area contributed by atoms with Crippen LogP contribution in [0.1, 0.15) is 24.6 Å². The van der Waals surface area contributed by atoms with Gasteiger partial charge in [0, 0.05) is 6.20 Å². The molecule has 2 heterocycles. The number of nitrogens with zero attached hydrogens (tertiary/aromatic N) is 2. The molecule has 1 aliphatic rings. The van der Waals surface area contributed by atoms with Crippen molar-refractivity contribution in [2.75, 3.05) is 13.1 Å². The summed E-state index contributed by atoms with van der Waals surface area (Å²) < 4.78 is 0. The van der Waals surface area contributed by atoms with Gasteiger partial charge in [-0.15, -0.1) is 0 Å². The SMILES string of the molecule is O=C(O)CN1CCCC1c1ccccn1. The summed E-state index contributed by atoms with van der Waals surface area (Å²) in [7, 11) is 0. The molecule has 80 valence electrons. The van der Waals surface area contributed by atoms with Crippen molar-refractivity contribution in [3.63, 3.8) is 0 Å². The summed E-state index contributed by atoms with van der Waals surface area (Å²) in [6.07, 6.45) is 3.81. The van der Waals surface area contributed by atoms with Gasteiger partial charge < -0.3 is 5.11 Å². The Morgan fingerprint density at radius 2 is 2.47 bits per heavy atom. The molecule has 2 rings (SSSR count). The quantitative estimate of drug-likeness (QED) is 0.810. The van der Waals surface area contributed by atoms with Crippen LogP contribution in [0.15, 0.2) is 24.4 Å². The first-order chi connectivity index (χ1) is 7.27. The molecule has 0 spiro atoms. The summed E-state index contributed by atoms with van der Waals surface area (Å²) in [5.41, 5.74) is 0.983. The number of likely N-dealkylation sites (tertiary alicyclic amines) is 1. The monoisotopic (exact) mass is 206 g/mol. The number of carbonyl (C=O) groups is 1. The number of aromatic nitrogens is 1. The smallest absolute Gasteiger partial charge is 0.317 e. The number of aliphatic carboxylic acids is 1. The minimum Gasteiger partial charge on any atom is -0.480 e. The number of rotatable bonds is 3. The molecule has 4 heteroatoms. The van der Waals surface area contributed by atoms with Crippen LogP contribution in [0.25, 0.3) is 0 Å². The molecule has 4 nitrogen and oxygen atoms in total. The molecule has 1 aromatic heterocycles. The summed E-state index contributed by atoms with van der Waals surface area (Å²) in [4.78, 5) is 16.9. The van der Waals surface area contributed by atoms with E-state index in [0.717, 1.165) is 25.1 Å². The van der Waals surface area contributed by atoms with Gasteiger partial charge in [0.1, 0.15) is 0 Å². The Labute approximate surface area is 88.6 Å². The van der Waals surface area contributed by atoms with Crippen molar-refractivity contribution in [1.29, 1.82) is 0 Å². The zero-order valence-electron chi connectivity index (χ0n) is 8.47. The molecule has 15 heavy (non-hydrogen) atoms. The van der Waals surface area contributed by atoms with Crippen LogP contribution in [0.4, 0.5) is 0 Å². The Kier molecular flexibility index (Phi) is 2.97. The number of pyridine rings is 1. The Bertz CT molecular complexity index is 340.